The number of nitrogens with one attached hydrogen (secondary N) is 1. The van der Waals surface area contributed by atoms with E-state index in [2.05, 4.69) is 15.5 Å². The van der Waals surface area contributed by atoms with Crippen molar-refractivity contribution in [2.24, 2.45) is 0 Å². The molecule has 28 heavy (non-hydrogen) atoms. The van der Waals surface area contributed by atoms with Gasteiger partial charge in [0.05, 0.1) is 5.56 Å². The maximum Gasteiger partial charge on any atom is 0.416 e. The summed E-state index contributed by atoms with van der Waals surface area (Å²) in [6.45, 7) is 3.88. The van der Waals surface area contributed by atoms with Crippen LogP contribution in [0.2, 0.25) is 0 Å². The van der Waals surface area contributed by atoms with Gasteiger partial charge in [0.1, 0.15) is 0 Å². The number of hydrogen-bond acceptors (Lipinski definition) is 4. The van der Waals surface area contributed by atoms with Gasteiger partial charge in [-0.2, -0.15) is 18.2 Å². The van der Waals surface area contributed by atoms with Crippen LogP contribution in [0.3, 0.4) is 0 Å². The number of halogens is 3. The highest BCUT2D eigenvalue weighted by molar-refractivity contribution is 5.90. The van der Waals surface area contributed by atoms with Gasteiger partial charge in [0, 0.05) is 24.1 Å². The van der Waals surface area contributed by atoms with Crippen molar-refractivity contribution in [1.29, 1.82) is 0 Å². The monoisotopic (exact) mass is 389 g/mol. The fourth-order valence-electron chi connectivity index (χ4n) is 2.80. The van der Waals surface area contributed by atoms with E-state index < -0.39 is 11.7 Å². The van der Waals surface area contributed by atoms with Gasteiger partial charge < -0.3 is 9.84 Å². The standard InChI is InChI=1S/C20H18F3N3O2/c1-12-8-13(2)10-16(9-12)24-17(27)6-7-18-25-19(26-28-18)14-4-3-5-15(11-14)20(21,22)23/h3-5,8-11H,6-7H2,1-2H3,(H,24,27). The summed E-state index contributed by atoms with van der Waals surface area (Å²) in [5, 5.41) is 6.51. The van der Waals surface area contributed by atoms with E-state index >= 15 is 0 Å². The maximum atomic E-state index is 12.8. The van der Waals surface area contributed by atoms with Crippen LogP contribution in [0.1, 0.15) is 29.0 Å². The molecule has 1 aromatic heterocycles. The number of rotatable bonds is 5. The summed E-state index contributed by atoms with van der Waals surface area (Å²) in [6, 6.07) is 10.4. The molecule has 3 rings (SSSR count). The van der Waals surface area contributed by atoms with Crippen molar-refractivity contribution in [2.75, 3.05) is 5.32 Å². The van der Waals surface area contributed by atoms with E-state index in [1.165, 1.54) is 12.1 Å². The molecular weight excluding hydrogens is 371 g/mol. The first-order chi connectivity index (χ1) is 13.2. The molecule has 0 unspecified atom stereocenters. The second kappa shape index (κ2) is 7.84. The van der Waals surface area contributed by atoms with Crippen molar-refractivity contribution in [2.45, 2.75) is 32.9 Å². The normalized spacial score (nSPS) is 11.5. The molecule has 2 aromatic carbocycles. The summed E-state index contributed by atoms with van der Waals surface area (Å²) >= 11 is 0. The lowest BCUT2D eigenvalue weighted by Gasteiger charge is -2.07. The predicted octanol–water partition coefficient (Wildman–Crippen LogP) is 4.94. The summed E-state index contributed by atoms with van der Waals surface area (Å²) < 4.78 is 43.5. The molecule has 1 amide bonds. The van der Waals surface area contributed by atoms with Crippen molar-refractivity contribution < 1.29 is 22.5 Å². The van der Waals surface area contributed by atoms with Gasteiger partial charge in [-0.05, 0) is 49.2 Å². The van der Waals surface area contributed by atoms with Crippen LogP contribution in [0.15, 0.2) is 47.0 Å². The summed E-state index contributed by atoms with van der Waals surface area (Å²) in [4.78, 5) is 16.2. The molecule has 0 spiro atoms. The first-order valence-corrected chi connectivity index (χ1v) is 8.59. The number of anilines is 1. The lowest BCUT2D eigenvalue weighted by molar-refractivity contribution is -0.137. The predicted molar refractivity (Wildman–Crippen MR) is 97.6 cm³/mol. The summed E-state index contributed by atoms with van der Waals surface area (Å²) in [7, 11) is 0. The SMILES string of the molecule is Cc1cc(C)cc(NC(=O)CCc2nc(-c3cccc(C(F)(F)F)c3)no2)c1. The molecule has 0 bridgehead atoms. The number of alkyl halides is 3. The molecule has 1 heterocycles. The quantitative estimate of drug-likeness (QED) is 0.671. The molecule has 5 nitrogen and oxygen atoms in total. The molecule has 0 saturated heterocycles. The van der Waals surface area contributed by atoms with E-state index in [1.54, 1.807) is 0 Å². The molecule has 0 radical (unpaired) electrons. The molecule has 0 atom stereocenters. The van der Waals surface area contributed by atoms with Crippen LogP contribution in [0, 0.1) is 13.8 Å². The molecule has 0 fully saturated rings. The Morgan fingerprint density at radius 1 is 1.11 bits per heavy atom. The number of nitrogens with zero attached hydrogens (tertiary/aromatic N) is 2. The zero-order chi connectivity index (χ0) is 20.3. The van der Waals surface area contributed by atoms with E-state index in [4.69, 9.17) is 4.52 Å². The minimum atomic E-state index is -4.45. The average Bonchev–Trinajstić information content (AvgIpc) is 3.07. The number of benzene rings is 2. The van der Waals surface area contributed by atoms with Gasteiger partial charge in [-0.25, -0.2) is 0 Å². The zero-order valence-corrected chi connectivity index (χ0v) is 15.3. The van der Waals surface area contributed by atoms with Crippen LogP contribution in [0.25, 0.3) is 11.4 Å². The van der Waals surface area contributed by atoms with Crippen molar-refractivity contribution in [3.8, 4) is 11.4 Å². The maximum absolute atomic E-state index is 12.8. The largest absolute Gasteiger partial charge is 0.416 e. The highest BCUT2D eigenvalue weighted by Gasteiger charge is 2.30. The smallest absolute Gasteiger partial charge is 0.339 e. The van der Waals surface area contributed by atoms with Gasteiger partial charge in [-0.15, -0.1) is 0 Å². The third-order valence-corrected chi connectivity index (χ3v) is 3.99. The number of aryl methyl sites for hydroxylation is 3. The van der Waals surface area contributed by atoms with Crippen LogP contribution < -0.4 is 5.32 Å². The second-order valence-electron chi connectivity index (χ2n) is 6.51. The van der Waals surface area contributed by atoms with Crippen LogP contribution in [-0.4, -0.2) is 16.0 Å². The Labute approximate surface area is 159 Å². The van der Waals surface area contributed by atoms with Gasteiger partial charge in [0.2, 0.25) is 17.6 Å². The van der Waals surface area contributed by atoms with Gasteiger partial charge in [-0.3, -0.25) is 4.79 Å². The fraction of sp³-hybridized carbons (Fsp3) is 0.250. The van der Waals surface area contributed by atoms with Gasteiger partial charge in [0.15, 0.2) is 0 Å². The molecule has 3 aromatic rings. The Kier molecular flexibility index (Phi) is 5.48. The van der Waals surface area contributed by atoms with Crippen molar-refractivity contribution in [3.63, 3.8) is 0 Å². The Hall–Kier alpha value is -3.16. The summed E-state index contributed by atoms with van der Waals surface area (Å²) in [5.41, 5.74) is 2.20. The van der Waals surface area contributed by atoms with E-state index in [0.717, 1.165) is 23.3 Å². The van der Waals surface area contributed by atoms with E-state index in [0.29, 0.717) is 5.69 Å². The number of aromatic nitrogens is 2. The fourth-order valence-corrected chi connectivity index (χ4v) is 2.80. The summed E-state index contributed by atoms with van der Waals surface area (Å²) in [5.74, 6) is 0.0163. The van der Waals surface area contributed by atoms with Crippen LogP contribution in [-0.2, 0) is 17.4 Å². The first-order valence-electron chi connectivity index (χ1n) is 8.59. The Morgan fingerprint density at radius 2 is 1.82 bits per heavy atom. The van der Waals surface area contributed by atoms with Crippen LogP contribution in [0.4, 0.5) is 18.9 Å². The Balaban J connectivity index is 1.63. The lowest BCUT2D eigenvalue weighted by atomic mass is 10.1. The zero-order valence-electron chi connectivity index (χ0n) is 15.3. The second-order valence-corrected chi connectivity index (χ2v) is 6.51. The average molecular weight is 389 g/mol. The summed E-state index contributed by atoms with van der Waals surface area (Å²) in [6.07, 6.45) is -4.16. The molecular formula is C20H18F3N3O2. The highest BCUT2D eigenvalue weighted by Crippen LogP contribution is 2.31. The van der Waals surface area contributed by atoms with Crippen molar-refractivity contribution >= 4 is 11.6 Å². The highest BCUT2D eigenvalue weighted by atomic mass is 19.4. The van der Waals surface area contributed by atoms with Crippen molar-refractivity contribution in [3.05, 3.63) is 65.0 Å². The van der Waals surface area contributed by atoms with E-state index in [9.17, 15) is 18.0 Å². The molecule has 8 heteroatoms. The van der Waals surface area contributed by atoms with Crippen LogP contribution >= 0.6 is 0 Å². The lowest BCUT2D eigenvalue weighted by Crippen LogP contribution is -2.12. The number of carbonyl (C=O) groups is 1. The molecule has 1 N–H and O–H groups in total. The molecule has 0 aliphatic heterocycles. The third-order valence-electron chi connectivity index (χ3n) is 3.99. The van der Waals surface area contributed by atoms with Crippen LogP contribution in [0.5, 0.6) is 0 Å². The molecule has 0 aliphatic carbocycles. The molecule has 146 valence electrons. The van der Waals surface area contributed by atoms with Gasteiger partial charge in [0.25, 0.3) is 0 Å². The Morgan fingerprint density at radius 3 is 2.50 bits per heavy atom. The van der Waals surface area contributed by atoms with E-state index in [1.807, 2.05) is 32.0 Å². The minimum absolute atomic E-state index is 0.0517. The molecule has 0 saturated carbocycles. The minimum Gasteiger partial charge on any atom is -0.339 e. The van der Waals surface area contributed by atoms with E-state index in [-0.39, 0.29) is 36.0 Å². The number of amides is 1. The molecule has 0 aliphatic rings. The number of hydrogen-bond donors (Lipinski definition) is 1. The van der Waals surface area contributed by atoms with Crippen molar-refractivity contribution in [1.82, 2.24) is 10.1 Å². The van der Waals surface area contributed by atoms with Gasteiger partial charge >= 0.3 is 6.18 Å². The number of carbonyl (C=O) groups excluding carboxylic acids is 1. The third kappa shape index (κ3) is 4.97. The topological polar surface area (TPSA) is 68.0 Å². The van der Waals surface area contributed by atoms with Gasteiger partial charge in [-0.1, -0.05) is 23.4 Å². The Bertz CT molecular complexity index is 976. The first kappa shape index (κ1) is 19.6.